The Hall–Kier alpha value is -4.14. The lowest BCUT2D eigenvalue weighted by Gasteiger charge is -2.14. The van der Waals surface area contributed by atoms with Crippen molar-refractivity contribution in [1.82, 2.24) is 18.7 Å². The van der Waals surface area contributed by atoms with Crippen LogP contribution in [0.5, 0.6) is 5.75 Å². The van der Waals surface area contributed by atoms with E-state index in [1.54, 1.807) is 54.1 Å². The SMILES string of the molecule is COC(=O)c1cccc(Cn2cnc3c2c(=O)n(CC(C)C)c(=O)n3-c2cccc(OC)c2)c1. The maximum Gasteiger partial charge on any atom is 0.337 e. The molecular weight excluding hydrogens is 436 g/mol. The molecule has 0 N–H and O–H groups in total. The van der Waals surface area contributed by atoms with Gasteiger partial charge in [0.2, 0.25) is 0 Å². The van der Waals surface area contributed by atoms with Gasteiger partial charge in [-0.2, -0.15) is 0 Å². The van der Waals surface area contributed by atoms with Gasteiger partial charge in [0.1, 0.15) is 5.75 Å². The average molecular weight is 463 g/mol. The second kappa shape index (κ2) is 9.38. The summed E-state index contributed by atoms with van der Waals surface area (Å²) < 4.78 is 14.5. The number of carbonyl (C=O) groups excluding carboxylic acids is 1. The zero-order chi connectivity index (χ0) is 24.4. The molecule has 0 atom stereocenters. The fraction of sp³-hybridized carbons (Fsp3) is 0.280. The zero-order valence-corrected chi connectivity index (χ0v) is 19.5. The summed E-state index contributed by atoms with van der Waals surface area (Å²) in [5, 5.41) is 0. The molecule has 0 aliphatic carbocycles. The quantitative estimate of drug-likeness (QED) is 0.392. The first-order valence-electron chi connectivity index (χ1n) is 10.9. The van der Waals surface area contributed by atoms with Crippen LogP contribution in [0.15, 0.2) is 64.4 Å². The van der Waals surface area contributed by atoms with E-state index in [9.17, 15) is 14.4 Å². The lowest BCUT2D eigenvalue weighted by molar-refractivity contribution is 0.0600. The average Bonchev–Trinajstić information content (AvgIpc) is 3.24. The van der Waals surface area contributed by atoms with Gasteiger partial charge in [-0.3, -0.25) is 9.36 Å². The van der Waals surface area contributed by atoms with Crippen molar-refractivity contribution in [2.75, 3.05) is 14.2 Å². The predicted octanol–water partition coefficient (Wildman–Crippen LogP) is 2.85. The number of benzene rings is 2. The molecule has 0 amide bonds. The van der Waals surface area contributed by atoms with Crippen LogP contribution in [0.25, 0.3) is 16.9 Å². The molecule has 0 aliphatic rings. The maximum absolute atomic E-state index is 13.5. The summed E-state index contributed by atoms with van der Waals surface area (Å²) in [6.45, 7) is 4.44. The second-order valence-corrected chi connectivity index (χ2v) is 8.37. The summed E-state index contributed by atoms with van der Waals surface area (Å²) in [6, 6.07) is 14.0. The molecule has 0 spiro atoms. The number of rotatable bonds is 7. The summed E-state index contributed by atoms with van der Waals surface area (Å²) in [6.07, 6.45) is 1.53. The minimum Gasteiger partial charge on any atom is -0.497 e. The first-order chi connectivity index (χ1) is 16.3. The number of fused-ring (bicyclic) bond motifs is 1. The number of hydrogen-bond acceptors (Lipinski definition) is 6. The number of carbonyl (C=O) groups is 1. The van der Waals surface area contributed by atoms with Crippen LogP contribution >= 0.6 is 0 Å². The van der Waals surface area contributed by atoms with E-state index in [0.717, 1.165) is 5.56 Å². The van der Waals surface area contributed by atoms with Crippen molar-refractivity contribution in [3.8, 4) is 11.4 Å². The molecule has 0 radical (unpaired) electrons. The Bertz CT molecular complexity index is 1480. The normalized spacial score (nSPS) is 11.2. The van der Waals surface area contributed by atoms with Crippen LogP contribution in [0.4, 0.5) is 0 Å². The van der Waals surface area contributed by atoms with Crippen LogP contribution in [-0.4, -0.2) is 38.9 Å². The van der Waals surface area contributed by atoms with Gasteiger partial charge in [0.05, 0.1) is 31.8 Å². The minimum absolute atomic E-state index is 0.0784. The van der Waals surface area contributed by atoms with Crippen molar-refractivity contribution in [2.24, 2.45) is 5.92 Å². The first-order valence-corrected chi connectivity index (χ1v) is 10.9. The number of nitrogens with zero attached hydrogens (tertiary/aromatic N) is 4. The maximum atomic E-state index is 13.5. The van der Waals surface area contributed by atoms with Crippen molar-refractivity contribution in [2.45, 2.75) is 26.9 Å². The van der Waals surface area contributed by atoms with Crippen molar-refractivity contribution in [1.29, 1.82) is 0 Å². The Balaban J connectivity index is 1.94. The Morgan fingerprint density at radius 2 is 1.82 bits per heavy atom. The van der Waals surface area contributed by atoms with Crippen LogP contribution in [0.3, 0.4) is 0 Å². The highest BCUT2D eigenvalue weighted by molar-refractivity contribution is 5.89. The van der Waals surface area contributed by atoms with Gasteiger partial charge in [-0.15, -0.1) is 0 Å². The van der Waals surface area contributed by atoms with E-state index in [1.165, 1.54) is 22.6 Å². The van der Waals surface area contributed by atoms with E-state index < -0.39 is 17.2 Å². The van der Waals surface area contributed by atoms with Crippen molar-refractivity contribution < 1.29 is 14.3 Å². The Labute approximate surface area is 195 Å². The molecule has 4 rings (SSSR count). The molecule has 0 unspecified atom stereocenters. The van der Waals surface area contributed by atoms with Gasteiger partial charge < -0.3 is 14.0 Å². The predicted molar refractivity (Wildman–Crippen MR) is 128 cm³/mol. The molecule has 34 heavy (non-hydrogen) atoms. The second-order valence-electron chi connectivity index (χ2n) is 8.37. The van der Waals surface area contributed by atoms with Gasteiger partial charge in [0.25, 0.3) is 5.56 Å². The number of hydrogen-bond donors (Lipinski definition) is 0. The van der Waals surface area contributed by atoms with E-state index in [0.29, 0.717) is 22.5 Å². The standard InChI is InChI=1S/C25H26N4O5/c1-16(2)13-28-23(30)21-22(29(25(28)32)19-9-6-10-20(12-19)33-3)26-15-27(21)14-17-7-5-8-18(11-17)24(31)34-4/h5-12,15-16H,13-14H2,1-4H3. The van der Waals surface area contributed by atoms with Crippen molar-refractivity contribution >= 4 is 17.1 Å². The number of ether oxygens (including phenoxy) is 2. The molecule has 0 saturated carbocycles. The van der Waals surface area contributed by atoms with Gasteiger partial charge >= 0.3 is 11.7 Å². The summed E-state index contributed by atoms with van der Waals surface area (Å²) in [5.41, 5.74) is 1.43. The number of esters is 1. The van der Waals surface area contributed by atoms with Crippen LogP contribution in [0.1, 0.15) is 29.8 Å². The first kappa shape index (κ1) is 23.0. The number of methoxy groups -OCH3 is 2. The highest BCUT2D eigenvalue weighted by atomic mass is 16.5. The molecular formula is C25H26N4O5. The molecule has 9 heteroatoms. The molecule has 176 valence electrons. The summed E-state index contributed by atoms with van der Waals surface area (Å²) in [5.74, 6) is 0.219. The summed E-state index contributed by atoms with van der Waals surface area (Å²) >= 11 is 0. The lowest BCUT2D eigenvalue weighted by Crippen LogP contribution is -2.41. The van der Waals surface area contributed by atoms with Gasteiger partial charge in [-0.25, -0.2) is 19.1 Å². The largest absolute Gasteiger partial charge is 0.497 e. The van der Waals surface area contributed by atoms with Crippen LogP contribution in [-0.2, 0) is 17.8 Å². The Kier molecular flexibility index (Phi) is 6.36. The van der Waals surface area contributed by atoms with Crippen LogP contribution in [0, 0.1) is 5.92 Å². The van der Waals surface area contributed by atoms with Crippen molar-refractivity contribution in [3.63, 3.8) is 0 Å². The van der Waals surface area contributed by atoms with E-state index in [1.807, 2.05) is 19.9 Å². The third-order valence-electron chi connectivity index (χ3n) is 5.46. The van der Waals surface area contributed by atoms with Gasteiger partial charge in [-0.05, 0) is 35.7 Å². The third kappa shape index (κ3) is 4.24. The van der Waals surface area contributed by atoms with E-state index in [4.69, 9.17) is 9.47 Å². The monoisotopic (exact) mass is 462 g/mol. The van der Waals surface area contributed by atoms with Crippen LogP contribution in [0.2, 0.25) is 0 Å². The topological polar surface area (TPSA) is 97.4 Å². The van der Waals surface area contributed by atoms with Crippen molar-refractivity contribution in [3.05, 3.63) is 86.8 Å². The molecule has 0 aliphatic heterocycles. The number of aromatic nitrogens is 4. The van der Waals surface area contributed by atoms with Gasteiger partial charge in [0, 0.05) is 19.2 Å². The Morgan fingerprint density at radius 3 is 2.53 bits per heavy atom. The fourth-order valence-corrected chi connectivity index (χ4v) is 3.92. The molecule has 2 aromatic heterocycles. The lowest BCUT2D eigenvalue weighted by atomic mass is 10.1. The third-order valence-corrected chi connectivity index (χ3v) is 5.46. The van der Waals surface area contributed by atoms with Gasteiger partial charge in [-0.1, -0.05) is 32.0 Å². The minimum atomic E-state index is -0.461. The molecule has 9 nitrogen and oxygen atoms in total. The highest BCUT2D eigenvalue weighted by Gasteiger charge is 2.20. The van der Waals surface area contributed by atoms with Crippen LogP contribution < -0.4 is 16.0 Å². The van der Waals surface area contributed by atoms with Gasteiger partial charge in [0.15, 0.2) is 11.2 Å². The smallest absolute Gasteiger partial charge is 0.337 e. The summed E-state index contributed by atoms with van der Waals surface area (Å²) in [4.78, 5) is 43.3. The molecule has 4 aromatic rings. The highest BCUT2D eigenvalue weighted by Crippen LogP contribution is 2.19. The zero-order valence-electron chi connectivity index (χ0n) is 19.5. The molecule has 0 saturated heterocycles. The fourth-order valence-electron chi connectivity index (χ4n) is 3.92. The Morgan fingerprint density at radius 1 is 1.06 bits per heavy atom. The van der Waals surface area contributed by atoms with E-state index in [-0.39, 0.29) is 24.7 Å². The summed E-state index contributed by atoms with van der Waals surface area (Å²) in [7, 11) is 2.88. The molecule has 2 heterocycles. The molecule has 0 fully saturated rings. The molecule has 0 bridgehead atoms. The van der Waals surface area contributed by atoms with E-state index >= 15 is 0 Å². The number of imidazole rings is 1. The molecule has 2 aromatic carbocycles. The van der Waals surface area contributed by atoms with E-state index in [2.05, 4.69) is 4.98 Å².